The van der Waals surface area contributed by atoms with Crippen LogP contribution in [-0.2, 0) is 13.1 Å². The van der Waals surface area contributed by atoms with Gasteiger partial charge in [0, 0.05) is 13.1 Å². The Morgan fingerprint density at radius 1 is 1.08 bits per heavy atom. The molecule has 4 rings (SSSR count). The molecule has 0 N–H and O–H groups in total. The lowest BCUT2D eigenvalue weighted by atomic mass is 10.1. The zero-order chi connectivity index (χ0) is 18.3. The third-order valence-electron chi connectivity index (χ3n) is 4.16. The number of aromatic nitrogens is 4. The Hall–Kier alpha value is -2.87. The summed E-state index contributed by atoms with van der Waals surface area (Å²) in [7, 11) is 0. The predicted octanol–water partition coefficient (Wildman–Crippen LogP) is 2.93. The molecular weight excluding hydrogens is 364 g/mol. The minimum atomic E-state index is -0.499. The maximum Gasteiger partial charge on any atom is 0.255 e. The van der Waals surface area contributed by atoms with Crippen LogP contribution in [0.3, 0.4) is 0 Å². The zero-order valence-corrected chi connectivity index (χ0v) is 14.1. The van der Waals surface area contributed by atoms with Gasteiger partial charge in [0.05, 0.1) is 23.3 Å². The number of amides is 1. The van der Waals surface area contributed by atoms with E-state index in [9.17, 15) is 13.6 Å². The number of carbonyl (C=O) groups excluding carboxylic acids is 1. The van der Waals surface area contributed by atoms with Crippen LogP contribution in [0.2, 0.25) is 5.02 Å². The molecule has 2 aromatic heterocycles. The molecule has 3 aromatic rings. The number of pyridine rings is 1. The minimum absolute atomic E-state index is 0.0678. The maximum atomic E-state index is 13.2. The third kappa shape index (κ3) is 2.92. The Bertz CT molecular complexity index is 989. The standard InChI is InChI=1S/C17H12ClF2N5O/c18-13-7-10(19)1-3-12(13)17(26)24-5-6-25-15(9-24)22-23-16(25)14-4-2-11(20)8-21-14/h1-4,7-8H,5-6,9H2. The van der Waals surface area contributed by atoms with Crippen LogP contribution in [0.4, 0.5) is 8.78 Å². The number of halogens is 3. The average molecular weight is 376 g/mol. The van der Waals surface area contributed by atoms with Crippen LogP contribution in [0.15, 0.2) is 36.5 Å². The third-order valence-corrected chi connectivity index (χ3v) is 4.47. The first-order chi connectivity index (χ1) is 12.5. The molecule has 0 aliphatic carbocycles. The molecule has 0 spiro atoms. The van der Waals surface area contributed by atoms with Crippen molar-refractivity contribution >= 4 is 17.5 Å². The summed E-state index contributed by atoms with van der Waals surface area (Å²) < 4.78 is 28.1. The van der Waals surface area contributed by atoms with Crippen LogP contribution in [0.5, 0.6) is 0 Å². The summed E-state index contributed by atoms with van der Waals surface area (Å²) in [6, 6.07) is 6.51. The fourth-order valence-electron chi connectivity index (χ4n) is 2.86. The number of hydrogen-bond donors (Lipinski definition) is 0. The fraction of sp³-hybridized carbons (Fsp3) is 0.176. The Morgan fingerprint density at radius 3 is 2.62 bits per heavy atom. The lowest BCUT2D eigenvalue weighted by Gasteiger charge is -2.28. The summed E-state index contributed by atoms with van der Waals surface area (Å²) in [6.45, 7) is 1.10. The van der Waals surface area contributed by atoms with Crippen molar-refractivity contribution in [2.24, 2.45) is 0 Å². The molecule has 3 heterocycles. The molecule has 26 heavy (non-hydrogen) atoms. The highest BCUT2D eigenvalue weighted by Crippen LogP contribution is 2.24. The van der Waals surface area contributed by atoms with E-state index < -0.39 is 11.6 Å². The molecule has 1 amide bonds. The van der Waals surface area contributed by atoms with Gasteiger partial charge in [-0.15, -0.1) is 10.2 Å². The summed E-state index contributed by atoms with van der Waals surface area (Å²) in [5.74, 6) is -0.122. The van der Waals surface area contributed by atoms with E-state index in [0.717, 1.165) is 12.3 Å². The molecular formula is C17H12ClF2N5O. The number of hydrogen-bond acceptors (Lipinski definition) is 4. The molecule has 0 saturated carbocycles. The summed E-state index contributed by atoms with van der Waals surface area (Å²) >= 11 is 5.98. The Morgan fingerprint density at radius 2 is 1.88 bits per heavy atom. The molecule has 0 unspecified atom stereocenters. The average Bonchev–Trinajstić information content (AvgIpc) is 3.05. The quantitative estimate of drug-likeness (QED) is 0.691. The lowest BCUT2D eigenvalue weighted by molar-refractivity contribution is 0.0708. The molecule has 0 fully saturated rings. The van der Waals surface area contributed by atoms with Gasteiger partial charge in [-0.05, 0) is 30.3 Å². The Kier molecular flexibility index (Phi) is 4.12. The van der Waals surface area contributed by atoms with Crippen LogP contribution in [0.25, 0.3) is 11.5 Å². The number of carbonyl (C=O) groups is 1. The van der Waals surface area contributed by atoms with Crippen molar-refractivity contribution in [2.75, 3.05) is 6.54 Å². The van der Waals surface area contributed by atoms with Crippen molar-refractivity contribution in [3.8, 4) is 11.5 Å². The van der Waals surface area contributed by atoms with Gasteiger partial charge in [0.2, 0.25) is 0 Å². The van der Waals surface area contributed by atoms with Gasteiger partial charge in [-0.3, -0.25) is 4.79 Å². The molecule has 9 heteroatoms. The van der Waals surface area contributed by atoms with Gasteiger partial charge in [0.1, 0.15) is 17.3 Å². The molecule has 132 valence electrons. The van der Waals surface area contributed by atoms with Gasteiger partial charge in [0.15, 0.2) is 11.6 Å². The van der Waals surface area contributed by atoms with E-state index >= 15 is 0 Å². The van der Waals surface area contributed by atoms with Crippen LogP contribution in [0, 0.1) is 11.6 Å². The second-order valence-corrected chi connectivity index (χ2v) is 6.21. The summed E-state index contributed by atoms with van der Waals surface area (Å²) in [6.07, 6.45) is 1.12. The molecule has 1 aliphatic heterocycles. The topological polar surface area (TPSA) is 63.9 Å². The van der Waals surface area contributed by atoms with Gasteiger partial charge < -0.3 is 9.47 Å². The van der Waals surface area contributed by atoms with E-state index in [1.165, 1.54) is 24.3 Å². The van der Waals surface area contributed by atoms with E-state index in [2.05, 4.69) is 15.2 Å². The number of rotatable bonds is 2. The van der Waals surface area contributed by atoms with Crippen molar-refractivity contribution < 1.29 is 13.6 Å². The minimum Gasteiger partial charge on any atom is -0.329 e. The van der Waals surface area contributed by atoms with Crippen molar-refractivity contribution in [2.45, 2.75) is 13.1 Å². The van der Waals surface area contributed by atoms with Gasteiger partial charge >= 0.3 is 0 Å². The molecule has 0 saturated heterocycles. The summed E-state index contributed by atoms with van der Waals surface area (Å²) in [5.41, 5.74) is 0.743. The monoisotopic (exact) mass is 375 g/mol. The first kappa shape index (κ1) is 16.6. The second-order valence-electron chi connectivity index (χ2n) is 5.80. The number of nitrogens with zero attached hydrogens (tertiary/aromatic N) is 5. The van der Waals surface area contributed by atoms with E-state index in [1.807, 2.05) is 4.57 Å². The molecule has 1 aliphatic rings. The molecule has 0 atom stereocenters. The largest absolute Gasteiger partial charge is 0.329 e. The van der Waals surface area contributed by atoms with Gasteiger partial charge in [0.25, 0.3) is 5.91 Å². The first-order valence-corrected chi connectivity index (χ1v) is 8.19. The maximum absolute atomic E-state index is 13.2. The highest BCUT2D eigenvalue weighted by molar-refractivity contribution is 6.33. The van der Waals surface area contributed by atoms with Crippen molar-refractivity contribution in [3.63, 3.8) is 0 Å². The normalized spacial score (nSPS) is 13.6. The smallest absolute Gasteiger partial charge is 0.255 e. The molecule has 0 bridgehead atoms. The highest BCUT2D eigenvalue weighted by atomic mass is 35.5. The van der Waals surface area contributed by atoms with Crippen molar-refractivity contribution in [1.82, 2.24) is 24.6 Å². The number of fused-ring (bicyclic) bond motifs is 1. The number of benzene rings is 1. The van der Waals surface area contributed by atoms with Crippen molar-refractivity contribution in [3.05, 3.63) is 64.6 Å². The van der Waals surface area contributed by atoms with Crippen LogP contribution in [-0.4, -0.2) is 37.1 Å². The van der Waals surface area contributed by atoms with E-state index in [0.29, 0.717) is 30.4 Å². The van der Waals surface area contributed by atoms with Gasteiger partial charge in [-0.2, -0.15) is 0 Å². The fourth-order valence-corrected chi connectivity index (χ4v) is 3.11. The molecule has 6 nitrogen and oxygen atoms in total. The van der Waals surface area contributed by atoms with Crippen molar-refractivity contribution in [1.29, 1.82) is 0 Å². The van der Waals surface area contributed by atoms with Crippen LogP contribution in [0.1, 0.15) is 16.2 Å². The van der Waals surface area contributed by atoms with Gasteiger partial charge in [-0.1, -0.05) is 11.6 Å². The first-order valence-electron chi connectivity index (χ1n) is 7.81. The Balaban J connectivity index is 1.59. The van der Waals surface area contributed by atoms with E-state index in [-0.39, 0.29) is 23.0 Å². The SMILES string of the molecule is O=C(c1ccc(F)cc1Cl)N1CCn2c(nnc2-c2ccc(F)cn2)C1. The van der Waals surface area contributed by atoms with E-state index in [4.69, 9.17) is 11.6 Å². The Labute approximate surface area is 152 Å². The van der Waals surface area contributed by atoms with E-state index in [1.54, 1.807) is 4.90 Å². The molecule has 1 aromatic carbocycles. The lowest BCUT2D eigenvalue weighted by Crippen LogP contribution is -2.38. The van der Waals surface area contributed by atoms with Gasteiger partial charge in [-0.25, -0.2) is 13.8 Å². The summed E-state index contributed by atoms with van der Waals surface area (Å²) in [4.78, 5) is 18.3. The highest BCUT2D eigenvalue weighted by Gasteiger charge is 2.27. The summed E-state index contributed by atoms with van der Waals surface area (Å²) in [5, 5.41) is 8.29. The van der Waals surface area contributed by atoms with Crippen LogP contribution >= 0.6 is 11.6 Å². The van der Waals surface area contributed by atoms with Crippen LogP contribution < -0.4 is 0 Å². The predicted molar refractivity (Wildman–Crippen MR) is 89.4 cm³/mol. The molecule has 0 radical (unpaired) electrons. The zero-order valence-electron chi connectivity index (χ0n) is 13.4. The second kappa shape index (κ2) is 6.45.